The number of hydrogen-bond donors (Lipinski definition) is 1. The Morgan fingerprint density at radius 3 is 2.73 bits per heavy atom. The van der Waals surface area contributed by atoms with E-state index in [-0.39, 0.29) is 5.73 Å². The van der Waals surface area contributed by atoms with Gasteiger partial charge in [-0.2, -0.15) is 5.48 Å². The minimum atomic E-state index is -0.575. The monoisotopic (exact) mass is 174 g/mol. The zero-order chi connectivity index (χ0) is 8.69. The van der Waals surface area contributed by atoms with E-state index >= 15 is 0 Å². The van der Waals surface area contributed by atoms with Gasteiger partial charge >= 0.3 is 6.09 Å². The van der Waals surface area contributed by atoms with E-state index in [1.165, 1.54) is 0 Å². The van der Waals surface area contributed by atoms with E-state index in [1.54, 1.807) is 6.92 Å². The topological polar surface area (TPSA) is 47.6 Å². The molecule has 0 aliphatic rings. The third kappa shape index (κ3) is 5.87. The van der Waals surface area contributed by atoms with E-state index in [1.807, 2.05) is 6.92 Å². The number of hydroxylamine groups is 1. The van der Waals surface area contributed by atoms with Crippen LogP contribution in [0, 0.1) is 0 Å². The molecule has 0 fully saturated rings. The summed E-state index contributed by atoms with van der Waals surface area (Å²) in [6, 6.07) is 0. The zero-order valence-corrected chi connectivity index (χ0v) is 7.72. The van der Waals surface area contributed by atoms with Crippen LogP contribution in [0.2, 0.25) is 0 Å². The van der Waals surface area contributed by atoms with Crippen LogP contribution in [0.3, 0.4) is 0 Å². The van der Waals surface area contributed by atoms with Crippen molar-refractivity contribution in [1.82, 2.24) is 5.48 Å². The summed E-state index contributed by atoms with van der Waals surface area (Å²) in [6.07, 6.45) is 0.143. The molecule has 0 saturated carbocycles. The molecule has 1 N–H and O–H groups in total. The van der Waals surface area contributed by atoms with Crippen molar-refractivity contribution >= 4 is 16.3 Å². The molecule has 0 bridgehead atoms. The van der Waals surface area contributed by atoms with E-state index in [2.05, 4.69) is 20.6 Å². The number of hydrogen-bond acceptors (Lipinski definition) is 3. The predicted molar refractivity (Wildman–Crippen MR) is 41.1 cm³/mol. The van der Waals surface area contributed by atoms with Gasteiger partial charge < -0.3 is 4.74 Å². The lowest BCUT2D eigenvalue weighted by atomic mass is 10.5. The average Bonchev–Trinajstić information content (AvgIpc) is 2.00. The second-order valence-corrected chi connectivity index (χ2v) is 2.48. The first-order chi connectivity index (χ1) is 5.20. The summed E-state index contributed by atoms with van der Waals surface area (Å²) in [6.45, 7) is 4.09. The molecule has 5 heteroatoms. The molecular formula is C6H12NO3Si. The first-order valence-corrected chi connectivity index (χ1v) is 4.08. The summed E-state index contributed by atoms with van der Waals surface area (Å²) in [5.41, 5.74) is 1.85. The summed E-state index contributed by atoms with van der Waals surface area (Å²) in [4.78, 5) is 15.3. The van der Waals surface area contributed by atoms with E-state index in [9.17, 15) is 4.79 Å². The maximum Gasteiger partial charge on any atom is 0.431 e. The Labute approximate surface area is 69.6 Å². The molecule has 0 aliphatic heterocycles. The molecule has 0 aromatic carbocycles. The summed E-state index contributed by atoms with van der Waals surface area (Å²) in [5, 5.41) is 0. The summed E-state index contributed by atoms with van der Waals surface area (Å²) >= 11 is 0. The third-order valence-electron chi connectivity index (χ3n) is 0.920. The molecule has 1 unspecified atom stereocenters. The van der Waals surface area contributed by atoms with Crippen molar-refractivity contribution in [3.8, 4) is 0 Å². The van der Waals surface area contributed by atoms with Crippen molar-refractivity contribution in [2.45, 2.75) is 26.0 Å². The third-order valence-corrected chi connectivity index (χ3v) is 1.45. The van der Waals surface area contributed by atoms with Crippen molar-refractivity contribution in [3.05, 3.63) is 0 Å². The maximum absolute atomic E-state index is 10.7. The van der Waals surface area contributed by atoms with Gasteiger partial charge in [-0.25, -0.2) is 4.79 Å². The molecule has 3 radical (unpaired) electrons. The number of rotatable bonds is 4. The van der Waals surface area contributed by atoms with Crippen molar-refractivity contribution in [1.29, 1.82) is 0 Å². The van der Waals surface area contributed by atoms with Gasteiger partial charge in [-0.15, -0.1) is 0 Å². The van der Waals surface area contributed by atoms with Gasteiger partial charge in [0.25, 0.3) is 0 Å². The quantitative estimate of drug-likeness (QED) is 0.500. The molecule has 0 spiro atoms. The Kier molecular flexibility index (Phi) is 5.87. The van der Waals surface area contributed by atoms with Crippen LogP contribution in [0.4, 0.5) is 4.79 Å². The Bertz CT molecular complexity index is 120. The average molecular weight is 174 g/mol. The zero-order valence-electron chi connectivity index (χ0n) is 6.72. The minimum absolute atomic E-state index is 0.254. The van der Waals surface area contributed by atoms with Crippen LogP contribution in [0.1, 0.15) is 20.3 Å². The van der Waals surface area contributed by atoms with Gasteiger partial charge in [0.05, 0.1) is 22.6 Å². The SMILES string of the molecule is CCONC(=O)OC([Si])CC. The Hall–Kier alpha value is -0.553. The van der Waals surface area contributed by atoms with Gasteiger partial charge in [-0.05, 0) is 13.3 Å². The standard InChI is InChI=1S/C6H12NO3Si/c1-3-5(11)10-6(8)7-9-4-2/h5H,3-4H2,1-2H3,(H,7,8). The predicted octanol–water partition coefficient (Wildman–Crippen LogP) is 0.569. The lowest BCUT2D eigenvalue weighted by Gasteiger charge is -2.10. The molecule has 1 amide bonds. The Balaban J connectivity index is 3.36. The molecule has 11 heavy (non-hydrogen) atoms. The number of amides is 1. The maximum atomic E-state index is 10.7. The largest absolute Gasteiger partial charge is 0.450 e. The highest BCUT2D eigenvalue weighted by molar-refractivity contribution is 6.11. The Morgan fingerprint density at radius 1 is 1.64 bits per heavy atom. The fourth-order valence-corrected chi connectivity index (χ4v) is 0.475. The normalized spacial score (nSPS) is 12.3. The minimum Gasteiger partial charge on any atom is -0.450 e. The fraction of sp³-hybridized carbons (Fsp3) is 0.833. The van der Waals surface area contributed by atoms with Gasteiger partial charge in [-0.3, -0.25) is 4.84 Å². The molecule has 0 aromatic heterocycles. The molecule has 4 nitrogen and oxygen atoms in total. The van der Waals surface area contributed by atoms with Crippen LogP contribution >= 0.6 is 0 Å². The van der Waals surface area contributed by atoms with Gasteiger partial charge in [0, 0.05) is 0 Å². The number of nitrogens with one attached hydrogen (secondary N) is 1. The lowest BCUT2D eigenvalue weighted by Crippen LogP contribution is -2.28. The molecule has 0 aromatic rings. The molecule has 0 heterocycles. The lowest BCUT2D eigenvalue weighted by molar-refractivity contribution is 0.0291. The van der Waals surface area contributed by atoms with Crippen LogP contribution in [-0.2, 0) is 9.57 Å². The molecule has 0 aliphatic carbocycles. The van der Waals surface area contributed by atoms with E-state index < -0.39 is 6.09 Å². The van der Waals surface area contributed by atoms with Crippen molar-refractivity contribution < 1.29 is 14.4 Å². The van der Waals surface area contributed by atoms with Crippen LogP contribution in [0.5, 0.6) is 0 Å². The van der Waals surface area contributed by atoms with E-state index in [0.717, 1.165) is 6.42 Å². The van der Waals surface area contributed by atoms with Crippen molar-refractivity contribution in [2.75, 3.05) is 6.61 Å². The van der Waals surface area contributed by atoms with Gasteiger partial charge in [0.1, 0.15) is 0 Å². The first-order valence-electron chi connectivity index (χ1n) is 3.50. The second kappa shape index (κ2) is 6.18. The summed E-state index contributed by atoms with van der Waals surface area (Å²) in [7, 11) is 3.18. The van der Waals surface area contributed by atoms with Crippen molar-refractivity contribution in [2.24, 2.45) is 0 Å². The highest BCUT2D eigenvalue weighted by atomic mass is 28.1. The highest BCUT2D eigenvalue weighted by Crippen LogP contribution is 1.91. The van der Waals surface area contributed by atoms with Crippen LogP contribution < -0.4 is 5.48 Å². The highest BCUT2D eigenvalue weighted by Gasteiger charge is 2.05. The molecule has 0 saturated heterocycles. The molecule has 0 rings (SSSR count). The fourth-order valence-electron chi connectivity index (χ4n) is 0.368. The smallest absolute Gasteiger partial charge is 0.431 e. The molecule has 1 atom stereocenters. The van der Waals surface area contributed by atoms with Crippen LogP contribution in [-0.4, -0.2) is 28.7 Å². The number of ether oxygens (including phenoxy) is 1. The van der Waals surface area contributed by atoms with E-state index in [4.69, 9.17) is 4.74 Å². The number of carbonyl (C=O) groups excluding carboxylic acids is 1. The van der Waals surface area contributed by atoms with Crippen LogP contribution in [0.25, 0.3) is 0 Å². The van der Waals surface area contributed by atoms with Gasteiger partial charge in [-0.1, -0.05) is 6.92 Å². The van der Waals surface area contributed by atoms with Gasteiger partial charge in [0.2, 0.25) is 0 Å². The first kappa shape index (κ1) is 10.4. The molecule has 63 valence electrons. The van der Waals surface area contributed by atoms with E-state index in [0.29, 0.717) is 6.61 Å². The van der Waals surface area contributed by atoms with Crippen molar-refractivity contribution in [3.63, 3.8) is 0 Å². The summed E-state index contributed by atoms with van der Waals surface area (Å²) in [5.74, 6) is 0. The van der Waals surface area contributed by atoms with Gasteiger partial charge in [0.15, 0.2) is 0 Å². The number of carbonyl (C=O) groups is 1. The second-order valence-electron chi connectivity index (χ2n) is 1.84. The summed E-state index contributed by atoms with van der Waals surface area (Å²) < 4.78 is 4.74. The Morgan fingerprint density at radius 2 is 2.27 bits per heavy atom. The van der Waals surface area contributed by atoms with Crippen LogP contribution in [0.15, 0.2) is 0 Å². The molecular weight excluding hydrogens is 162 g/mol.